The van der Waals surface area contributed by atoms with Gasteiger partial charge in [-0.05, 0) is 56.7 Å². The molecular weight excluding hydrogens is 392 g/mol. The summed E-state index contributed by atoms with van der Waals surface area (Å²) < 4.78 is 14.1. The van der Waals surface area contributed by atoms with Crippen LogP contribution in [0.5, 0.6) is 17.2 Å². The number of methoxy groups -OCH3 is 1. The number of aryl methyl sites for hydroxylation is 1. The van der Waals surface area contributed by atoms with Gasteiger partial charge in [0.25, 0.3) is 0 Å². The minimum absolute atomic E-state index is 0.128. The Kier molecular flexibility index (Phi) is 4.75. The molecule has 1 aromatic heterocycles. The maximum absolute atomic E-state index is 12.2. The molecule has 8 nitrogen and oxygen atoms in total. The lowest BCUT2D eigenvalue weighted by Crippen LogP contribution is -2.23. The molecule has 25 heavy (non-hydrogen) atoms. The molecule has 0 unspecified atom stereocenters. The molecule has 1 heterocycles. The molecule has 0 saturated carbocycles. The minimum Gasteiger partial charge on any atom is -0.508 e. The number of phenolic OH excluding ortho intramolecular Hbond substituents is 1. The van der Waals surface area contributed by atoms with Crippen molar-refractivity contribution in [2.24, 2.45) is 7.05 Å². The SMILES string of the molecule is COc1cccc(-n2nnn(C)c2=O)c1COc1ccc(O)cc1Br. The van der Waals surface area contributed by atoms with Gasteiger partial charge in [-0.25, -0.2) is 4.79 Å². The van der Waals surface area contributed by atoms with Crippen LogP contribution in [0.2, 0.25) is 0 Å². The summed E-state index contributed by atoms with van der Waals surface area (Å²) in [5.74, 6) is 1.23. The van der Waals surface area contributed by atoms with Gasteiger partial charge < -0.3 is 14.6 Å². The fourth-order valence-corrected chi connectivity index (χ4v) is 2.79. The lowest BCUT2D eigenvalue weighted by molar-refractivity contribution is 0.293. The van der Waals surface area contributed by atoms with E-state index in [9.17, 15) is 9.90 Å². The van der Waals surface area contributed by atoms with Crippen molar-refractivity contribution in [1.82, 2.24) is 19.8 Å². The Bertz CT molecular complexity index is 967. The first-order chi connectivity index (χ1) is 12.0. The molecule has 3 rings (SSSR count). The van der Waals surface area contributed by atoms with E-state index in [1.54, 1.807) is 31.4 Å². The second-order valence-electron chi connectivity index (χ2n) is 5.16. The smallest absolute Gasteiger partial charge is 0.368 e. The van der Waals surface area contributed by atoms with Crippen LogP contribution >= 0.6 is 15.9 Å². The molecule has 0 aliphatic rings. The standard InChI is InChI=1S/C16H15BrN4O4/c1-20-16(23)21(19-18-20)13-4-3-5-14(24-2)11(13)9-25-15-7-6-10(22)8-12(15)17/h3-8,22H,9H2,1-2H3. The van der Waals surface area contributed by atoms with Crippen molar-refractivity contribution in [3.8, 4) is 22.9 Å². The molecule has 0 fully saturated rings. The number of aromatic hydroxyl groups is 1. The van der Waals surface area contributed by atoms with Gasteiger partial charge in [-0.15, -0.1) is 0 Å². The molecule has 0 atom stereocenters. The van der Waals surface area contributed by atoms with E-state index in [1.165, 1.54) is 23.9 Å². The zero-order valence-electron chi connectivity index (χ0n) is 13.5. The lowest BCUT2D eigenvalue weighted by atomic mass is 10.1. The Morgan fingerprint density at radius 1 is 1.20 bits per heavy atom. The molecule has 0 aliphatic carbocycles. The second kappa shape index (κ2) is 6.98. The third-order valence-electron chi connectivity index (χ3n) is 3.57. The Labute approximate surface area is 151 Å². The van der Waals surface area contributed by atoms with E-state index in [2.05, 4.69) is 26.4 Å². The lowest BCUT2D eigenvalue weighted by Gasteiger charge is -2.14. The van der Waals surface area contributed by atoms with Gasteiger partial charge in [0.2, 0.25) is 0 Å². The number of phenols is 1. The zero-order chi connectivity index (χ0) is 18.0. The molecule has 0 saturated heterocycles. The van der Waals surface area contributed by atoms with Gasteiger partial charge in [-0.1, -0.05) is 6.07 Å². The summed E-state index contributed by atoms with van der Waals surface area (Å²) in [5, 5.41) is 17.1. The number of hydrogen-bond acceptors (Lipinski definition) is 6. The highest BCUT2D eigenvalue weighted by Crippen LogP contribution is 2.31. The molecule has 3 aromatic rings. The number of ether oxygens (including phenoxy) is 2. The van der Waals surface area contributed by atoms with E-state index in [1.807, 2.05) is 0 Å². The molecule has 1 N–H and O–H groups in total. The van der Waals surface area contributed by atoms with Crippen LogP contribution in [0.15, 0.2) is 45.7 Å². The minimum atomic E-state index is -0.375. The predicted octanol–water partition coefficient (Wildman–Crippen LogP) is 2.02. The Morgan fingerprint density at radius 3 is 2.64 bits per heavy atom. The average molecular weight is 407 g/mol. The van der Waals surface area contributed by atoms with Crippen molar-refractivity contribution >= 4 is 15.9 Å². The summed E-state index contributed by atoms with van der Waals surface area (Å²) in [6, 6.07) is 9.97. The topological polar surface area (TPSA) is 91.4 Å². The van der Waals surface area contributed by atoms with Crippen molar-refractivity contribution < 1.29 is 14.6 Å². The molecule has 130 valence electrons. The van der Waals surface area contributed by atoms with Crippen molar-refractivity contribution in [2.45, 2.75) is 6.61 Å². The molecule has 9 heteroatoms. The van der Waals surface area contributed by atoms with Crippen molar-refractivity contribution in [3.63, 3.8) is 0 Å². The highest BCUT2D eigenvalue weighted by atomic mass is 79.9. The number of hydrogen-bond donors (Lipinski definition) is 1. The van der Waals surface area contributed by atoms with Crippen LogP contribution in [0.1, 0.15) is 5.56 Å². The Hall–Kier alpha value is -2.81. The van der Waals surface area contributed by atoms with Gasteiger partial charge in [0.1, 0.15) is 23.9 Å². The van der Waals surface area contributed by atoms with Crippen LogP contribution in [0.4, 0.5) is 0 Å². The van der Waals surface area contributed by atoms with E-state index in [0.717, 1.165) is 4.68 Å². The normalized spacial score (nSPS) is 10.7. The molecule has 0 amide bonds. The van der Waals surface area contributed by atoms with E-state index in [0.29, 0.717) is 27.2 Å². The molecule has 0 bridgehead atoms. The molecule has 2 aromatic carbocycles. The second-order valence-corrected chi connectivity index (χ2v) is 6.01. The summed E-state index contributed by atoms with van der Waals surface area (Å²) in [6.07, 6.45) is 0. The Balaban J connectivity index is 1.99. The van der Waals surface area contributed by atoms with Crippen LogP contribution in [0.3, 0.4) is 0 Å². The average Bonchev–Trinajstić information content (AvgIpc) is 2.93. The van der Waals surface area contributed by atoms with Gasteiger partial charge in [0.15, 0.2) is 0 Å². The number of benzene rings is 2. The highest BCUT2D eigenvalue weighted by molar-refractivity contribution is 9.10. The molecule has 0 spiro atoms. The maximum atomic E-state index is 12.2. The first kappa shape index (κ1) is 17.0. The number of rotatable bonds is 5. The highest BCUT2D eigenvalue weighted by Gasteiger charge is 2.16. The number of nitrogens with zero attached hydrogens (tertiary/aromatic N) is 4. The summed E-state index contributed by atoms with van der Waals surface area (Å²) in [7, 11) is 3.06. The third-order valence-corrected chi connectivity index (χ3v) is 4.19. The molecular formula is C16H15BrN4O4. The quantitative estimate of drug-likeness (QED) is 0.696. The van der Waals surface area contributed by atoms with Gasteiger partial charge in [0, 0.05) is 7.05 Å². The van der Waals surface area contributed by atoms with Gasteiger partial charge in [0.05, 0.1) is 22.8 Å². The van der Waals surface area contributed by atoms with E-state index >= 15 is 0 Å². The molecule has 0 radical (unpaired) electrons. The van der Waals surface area contributed by atoms with Crippen LogP contribution < -0.4 is 15.2 Å². The van der Waals surface area contributed by atoms with Gasteiger partial charge >= 0.3 is 5.69 Å². The van der Waals surface area contributed by atoms with E-state index in [-0.39, 0.29) is 18.0 Å². The monoisotopic (exact) mass is 406 g/mol. The van der Waals surface area contributed by atoms with E-state index in [4.69, 9.17) is 9.47 Å². The number of halogens is 1. The fourth-order valence-electron chi connectivity index (χ4n) is 2.31. The number of aromatic nitrogens is 4. The summed E-state index contributed by atoms with van der Waals surface area (Å²) in [5.41, 5.74) is 0.792. The van der Waals surface area contributed by atoms with Crippen LogP contribution in [0.25, 0.3) is 5.69 Å². The van der Waals surface area contributed by atoms with Crippen molar-refractivity contribution in [2.75, 3.05) is 7.11 Å². The third kappa shape index (κ3) is 3.36. The summed E-state index contributed by atoms with van der Waals surface area (Å²) in [4.78, 5) is 12.2. The van der Waals surface area contributed by atoms with Gasteiger partial charge in [-0.3, -0.25) is 0 Å². The van der Waals surface area contributed by atoms with Gasteiger partial charge in [-0.2, -0.15) is 9.36 Å². The Morgan fingerprint density at radius 2 is 2.00 bits per heavy atom. The first-order valence-corrected chi connectivity index (χ1v) is 8.07. The maximum Gasteiger partial charge on any atom is 0.368 e. The van der Waals surface area contributed by atoms with Crippen molar-refractivity contribution in [3.05, 3.63) is 56.9 Å². The van der Waals surface area contributed by atoms with E-state index < -0.39 is 0 Å². The number of tetrazole rings is 1. The van der Waals surface area contributed by atoms with Crippen LogP contribution in [-0.4, -0.2) is 32.0 Å². The summed E-state index contributed by atoms with van der Waals surface area (Å²) in [6.45, 7) is 0.131. The zero-order valence-corrected chi connectivity index (χ0v) is 15.1. The summed E-state index contributed by atoms with van der Waals surface area (Å²) >= 11 is 3.34. The van der Waals surface area contributed by atoms with Crippen LogP contribution in [0, 0.1) is 0 Å². The molecule has 0 aliphatic heterocycles. The predicted molar refractivity (Wildman–Crippen MR) is 93.3 cm³/mol. The van der Waals surface area contributed by atoms with Crippen LogP contribution in [-0.2, 0) is 13.7 Å². The largest absolute Gasteiger partial charge is 0.508 e. The van der Waals surface area contributed by atoms with Crippen molar-refractivity contribution in [1.29, 1.82) is 0 Å². The first-order valence-electron chi connectivity index (χ1n) is 7.28. The fraction of sp³-hybridized carbons (Fsp3) is 0.188.